The van der Waals surface area contributed by atoms with Gasteiger partial charge in [-0.05, 0) is 25.5 Å². The fraction of sp³-hybridized carbons (Fsp3) is 0.222. The lowest BCUT2D eigenvalue weighted by molar-refractivity contribution is 1.11. The molecule has 1 rings (SSSR count). The molecule has 1 aromatic heterocycles. The fourth-order valence-corrected chi connectivity index (χ4v) is 0.876. The van der Waals surface area contributed by atoms with Gasteiger partial charge in [0.2, 0.25) is 0 Å². The molecule has 12 heavy (non-hydrogen) atoms. The molecule has 0 N–H and O–H groups in total. The van der Waals surface area contributed by atoms with Gasteiger partial charge in [0.15, 0.2) is 5.69 Å². The molecular weight excluding hydrogens is 150 g/mol. The van der Waals surface area contributed by atoms with Crippen LogP contribution in [0.2, 0.25) is 0 Å². The highest BCUT2D eigenvalue weighted by atomic mass is 14.7. The molecule has 1 heterocycles. The largest absolute Gasteiger partial charge is 0.241 e. The molecule has 0 spiro atoms. The van der Waals surface area contributed by atoms with Gasteiger partial charge in [-0.1, -0.05) is 0 Å². The predicted molar refractivity (Wildman–Crippen MR) is 43.1 cm³/mol. The second-order valence-electron chi connectivity index (χ2n) is 2.51. The summed E-state index contributed by atoms with van der Waals surface area (Å²) in [6.07, 6.45) is 0. The van der Waals surface area contributed by atoms with Crippen LogP contribution >= 0.6 is 0 Å². The van der Waals surface area contributed by atoms with Crippen LogP contribution in [0.5, 0.6) is 0 Å². The molecule has 0 amide bonds. The maximum Gasteiger partial charge on any atom is 0.158 e. The molecule has 0 radical (unpaired) electrons. The van der Waals surface area contributed by atoms with Crippen LogP contribution in [0, 0.1) is 36.5 Å². The van der Waals surface area contributed by atoms with Gasteiger partial charge in [-0.15, -0.1) is 0 Å². The lowest BCUT2D eigenvalue weighted by atomic mass is 10.1. The van der Waals surface area contributed by atoms with Gasteiger partial charge >= 0.3 is 0 Å². The Balaban J connectivity index is 3.44. The average molecular weight is 157 g/mol. The molecule has 3 nitrogen and oxygen atoms in total. The van der Waals surface area contributed by atoms with Crippen LogP contribution in [0.15, 0.2) is 6.07 Å². The Bertz CT molecular complexity index is 354. The molecule has 0 aliphatic heterocycles. The molecular formula is C9H7N3. The van der Waals surface area contributed by atoms with Gasteiger partial charge in [-0.3, -0.25) is 0 Å². The first-order valence-electron chi connectivity index (χ1n) is 3.47. The number of aryl methyl sites for hydroxylation is 2. The first kappa shape index (κ1) is 8.23. The normalized spacial score (nSPS) is 8.67. The highest BCUT2D eigenvalue weighted by Gasteiger charge is 2.04. The summed E-state index contributed by atoms with van der Waals surface area (Å²) in [5.41, 5.74) is 2.29. The zero-order valence-corrected chi connectivity index (χ0v) is 6.92. The van der Waals surface area contributed by atoms with Gasteiger partial charge in [0, 0.05) is 5.69 Å². The Labute approximate surface area is 70.9 Å². The van der Waals surface area contributed by atoms with Crippen LogP contribution in [0.25, 0.3) is 0 Å². The van der Waals surface area contributed by atoms with E-state index in [0.717, 1.165) is 11.3 Å². The summed E-state index contributed by atoms with van der Waals surface area (Å²) in [6, 6.07) is 5.49. The monoisotopic (exact) mass is 157 g/mol. The summed E-state index contributed by atoms with van der Waals surface area (Å²) in [5.74, 6) is 0. The van der Waals surface area contributed by atoms with Crippen molar-refractivity contribution in [2.75, 3.05) is 0 Å². The lowest BCUT2D eigenvalue weighted by Gasteiger charge is -1.99. The van der Waals surface area contributed by atoms with Crippen LogP contribution in [0.3, 0.4) is 0 Å². The predicted octanol–water partition coefficient (Wildman–Crippen LogP) is 1.44. The molecule has 0 fully saturated rings. The van der Waals surface area contributed by atoms with E-state index in [-0.39, 0.29) is 5.69 Å². The van der Waals surface area contributed by atoms with Gasteiger partial charge in [0.05, 0.1) is 5.56 Å². The zero-order chi connectivity index (χ0) is 9.14. The topological polar surface area (TPSA) is 60.5 Å². The van der Waals surface area contributed by atoms with Crippen molar-refractivity contribution in [1.29, 1.82) is 10.5 Å². The van der Waals surface area contributed by atoms with Crippen molar-refractivity contribution in [1.82, 2.24) is 4.98 Å². The molecule has 0 bridgehead atoms. The van der Waals surface area contributed by atoms with E-state index >= 15 is 0 Å². The van der Waals surface area contributed by atoms with E-state index in [2.05, 4.69) is 4.98 Å². The maximum atomic E-state index is 8.62. The van der Waals surface area contributed by atoms with Gasteiger partial charge in [-0.25, -0.2) is 4.98 Å². The molecule has 0 saturated heterocycles. The van der Waals surface area contributed by atoms with E-state index in [9.17, 15) is 0 Å². The average Bonchev–Trinajstić information content (AvgIpc) is 2.09. The molecule has 3 heteroatoms. The number of hydrogen-bond acceptors (Lipinski definition) is 3. The quantitative estimate of drug-likeness (QED) is 0.572. The van der Waals surface area contributed by atoms with Gasteiger partial charge in [-0.2, -0.15) is 10.5 Å². The Kier molecular flexibility index (Phi) is 2.07. The first-order chi connectivity index (χ1) is 5.69. The fourth-order valence-electron chi connectivity index (χ4n) is 0.876. The minimum atomic E-state index is 0.209. The van der Waals surface area contributed by atoms with Gasteiger partial charge in [0.1, 0.15) is 12.1 Å². The Morgan fingerprint density at radius 1 is 1.25 bits per heavy atom. The Morgan fingerprint density at radius 3 is 2.42 bits per heavy atom. The third-order valence-corrected chi connectivity index (χ3v) is 1.69. The number of rotatable bonds is 0. The summed E-state index contributed by atoms with van der Waals surface area (Å²) in [4.78, 5) is 3.98. The molecule has 58 valence electrons. The van der Waals surface area contributed by atoms with E-state index in [1.807, 2.05) is 26.0 Å². The summed E-state index contributed by atoms with van der Waals surface area (Å²) >= 11 is 0. The molecule has 0 atom stereocenters. The molecule has 0 aromatic carbocycles. The smallest absolute Gasteiger partial charge is 0.158 e. The summed E-state index contributed by atoms with van der Waals surface area (Å²) in [6.45, 7) is 3.68. The van der Waals surface area contributed by atoms with Crippen LogP contribution in [-0.2, 0) is 0 Å². The van der Waals surface area contributed by atoms with Crippen molar-refractivity contribution < 1.29 is 0 Å². The van der Waals surface area contributed by atoms with E-state index in [1.54, 1.807) is 6.07 Å². The molecule has 0 aliphatic carbocycles. The number of aromatic nitrogens is 1. The van der Waals surface area contributed by atoms with Gasteiger partial charge < -0.3 is 0 Å². The lowest BCUT2D eigenvalue weighted by Crippen LogP contribution is -1.94. The Morgan fingerprint density at radius 2 is 1.92 bits per heavy atom. The number of nitriles is 2. The van der Waals surface area contributed by atoms with E-state index in [0.29, 0.717) is 5.56 Å². The third kappa shape index (κ3) is 1.26. The first-order valence-corrected chi connectivity index (χ1v) is 3.47. The molecule has 0 saturated carbocycles. The standard InChI is InChI=1S/C9H7N3/c1-6-3-8(4-10)9(5-11)12-7(6)2/h3H,1-2H3. The number of pyridine rings is 1. The Hall–Kier alpha value is -1.87. The summed E-state index contributed by atoms with van der Waals surface area (Å²) in [7, 11) is 0. The minimum Gasteiger partial charge on any atom is -0.241 e. The molecule has 0 aliphatic rings. The van der Waals surface area contributed by atoms with Crippen molar-refractivity contribution in [2.45, 2.75) is 13.8 Å². The van der Waals surface area contributed by atoms with E-state index in [1.165, 1.54) is 0 Å². The van der Waals surface area contributed by atoms with Crippen LogP contribution in [-0.4, -0.2) is 4.98 Å². The number of nitrogens with zero attached hydrogens (tertiary/aromatic N) is 3. The van der Waals surface area contributed by atoms with Crippen molar-refractivity contribution in [3.05, 3.63) is 28.6 Å². The summed E-state index contributed by atoms with van der Waals surface area (Å²) in [5, 5.41) is 17.2. The van der Waals surface area contributed by atoms with Crippen molar-refractivity contribution in [2.24, 2.45) is 0 Å². The van der Waals surface area contributed by atoms with E-state index in [4.69, 9.17) is 10.5 Å². The van der Waals surface area contributed by atoms with Crippen LogP contribution in [0.1, 0.15) is 22.5 Å². The zero-order valence-electron chi connectivity index (χ0n) is 6.92. The van der Waals surface area contributed by atoms with Crippen molar-refractivity contribution in [3.63, 3.8) is 0 Å². The second kappa shape index (κ2) is 3.02. The maximum absolute atomic E-state index is 8.62. The SMILES string of the molecule is Cc1cc(C#N)c(C#N)nc1C. The van der Waals surface area contributed by atoms with Gasteiger partial charge in [0.25, 0.3) is 0 Å². The van der Waals surface area contributed by atoms with Crippen molar-refractivity contribution >= 4 is 0 Å². The highest BCUT2D eigenvalue weighted by molar-refractivity contribution is 5.43. The number of hydrogen-bond donors (Lipinski definition) is 0. The molecule has 0 unspecified atom stereocenters. The molecule has 1 aromatic rings. The highest BCUT2D eigenvalue weighted by Crippen LogP contribution is 2.09. The van der Waals surface area contributed by atoms with E-state index < -0.39 is 0 Å². The van der Waals surface area contributed by atoms with Crippen LogP contribution in [0.4, 0.5) is 0 Å². The van der Waals surface area contributed by atoms with Crippen molar-refractivity contribution in [3.8, 4) is 12.1 Å². The third-order valence-electron chi connectivity index (χ3n) is 1.69. The van der Waals surface area contributed by atoms with Crippen LogP contribution < -0.4 is 0 Å². The minimum absolute atomic E-state index is 0.209. The second-order valence-corrected chi connectivity index (χ2v) is 2.51. The summed E-state index contributed by atoms with van der Waals surface area (Å²) < 4.78 is 0.